The Labute approximate surface area is 353 Å². The summed E-state index contributed by atoms with van der Waals surface area (Å²) in [6, 6.07) is 82.3. The van der Waals surface area contributed by atoms with Crippen LogP contribution in [-0.2, 0) is 0 Å². The van der Waals surface area contributed by atoms with Gasteiger partial charge in [0.1, 0.15) is 0 Å². The average molecular weight is 769 g/mol. The summed E-state index contributed by atoms with van der Waals surface area (Å²) < 4.78 is 0. The van der Waals surface area contributed by atoms with Gasteiger partial charge in [-0.05, 0) is 134 Å². The molecule has 0 radical (unpaired) electrons. The number of nitrogens with zero attached hydrogens (tertiary/aromatic N) is 2. The fraction of sp³-hybridized carbons (Fsp3) is 0. The van der Waals surface area contributed by atoms with E-state index in [1.54, 1.807) is 0 Å². The molecule has 9 rings (SSSR count). The molecule has 9 aromatic carbocycles. The van der Waals surface area contributed by atoms with Crippen LogP contribution in [0, 0.1) is 0 Å². The van der Waals surface area contributed by atoms with Crippen LogP contribution in [0.3, 0.4) is 0 Å². The molecule has 0 aliphatic carbocycles. The Hall–Kier alpha value is -7.94. The van der Waals surface area contributed by atoms with Gasteiger partial charge in [-0.3, -0.25) is 0 Å². The van der Waals surface area contributed by atoms with E-state index in [-0.39, 0.29) is 0 Å². The molecule has 0 atom stereocenters. The van der Waals surface area contributed by atoms with Crippen LogP contribution in [0.1, 0.15) is 11.1 Å². The van der Waals surface area contributed by atoms with E-state index in [2.05, 4.69) is 253 Å². The van der Waals surface area contributed by atoms with E-state index in [4.69, 9.17) is 0 Å². The largest absolute Gasteiger partial charge is 0.310 e. The summed E-state index contributed by atoms with van der Waals surface area (Å²) in [5.41, 5.74) is 17.9. The maximum absolute atomic E-state index is 3.98. The minimum atomic E-state index is 1.05. The lowest BCUT2D eigenvalue weighted by molar-refractivity contribution is 1.25. The van der Waals surface area contributed by atoms with Crippen LogP contribution in [0.2, 0.25) is 0 Å². The third kappa shape index (κ3) is 8.09. The molecule has 60 heavy (non-hydrogen) atoms. The van der Waals surface area contributed by atoms with Crippen LogP contribution in [0.15, 0.2) is 244 Å². The first-order valence-corrected chi connectivity index (χ1v) is 20.3. The topological polar surface area (TPSA) is 6.48 Å². The zero-order valence-electron chi connectivity index (χ0n) is 33.4. The van der Waals surface area contributed by atoms with Crippen LogP contribution in [0.25, 0.3) is 56.7 Å². The highest BCUT2D eigenvalue weighted by atomic mass is 15.2. The molecule has 2 nitrogen and oxygen atoms in total. The summed E-state index contributed by atoms with van der Waals surface area (Å²) in [5, 5.41) is 0. The van der Waals surface area contributed by atoms with Gasteiger partial charge in [0, 0.05) is 34.1 Å². The van der Waals surface area contributed by atoms with E-state index in [0.29, 0.717) is 0 Å². The SMILES string of the molecule is C=Cc1cccc(-c2ccc(N(c3ccc(-c4ccccc4)cc3)c3cccc(N(c4ccc(-c5ccccc5)cc4)c4ccc(-c5cccc(C=C)c5)cc4)c3)cc2)c1. The Morgan fingerprint density at radius 2 is 0.517 bits per heavy atom. The molecule has 0 saturated carbocycles. The quantitative estimate of drug-likeness (QED) is 0.122. The second-order valence-corrected chi connectivity index (χ2v) is 14.8. The average Bonchev–Trinajstić information content (AvgIpc) is 3.33. The zero-order chi connectivity index (χ0) is 40.7. The van der Waals surface area contributed by atoms with Crippen molar-refractivity contribution in [1.82, 2.24) is 0 Å². The van der Waals surface area contributed by atoms with Gasteiger partial charge in [0.25, 0.3) is 0 Å². The molecule has 2 heteroatoms. The van der Waals surface area contributed by atoms with Crippen LogP contribution in [-0.4, -0.2) is 0 Å². The molecular formula is C58H44N2. The maximum Gasteiger partial charge on any atom is 0.0482 e. The van der Waals surface area contributed by atoms with Gasteiger partial charge in [-0.15, -0.1) is 0 Å². The van der Waals surface area contributed by atoms with E-state index >= 15 is 0 Å². The third-order valence-corrected chi connectivity index (χ3v) is 11.0. The molecule has 0 fully saturated rings. The van der Waals surface area contributed by atoms with Gasteiger partial charge in [-0.25, -0.2) is 0 Å². The second kappa shape index (κ2) is 17.3. The normalized spacial score (nSPS) is 10.8. The molecule has 0 spiro atoms. The zero-order valence-corrected chi connectivity index (χ0v) is 33.4. The molecule has 0 aliphatic rings. The first-order chi connectivity index (χ1) is 29.6. The van der Waals surface area contributed by atoms with Crippen LogP contribution in [0.4, 0.5) is 34.1 Å². The van der Waals surface area contributed by atoms with Crippen molar-refractivity contribution in [2.45, 2.75) is 0 Å². The van der Waals surface area contributed by atoms with Crippen molar-refractivity contribution in [3.8, 4) is 44.5 Å². The Morgan fingerprint density at radius 3 is 0.850 bits per heavy atom. The summed E-state index contributed by atoms with van der Waals surface area (Å²) in [4.78, 5) is 4.68. The van der Waals surface area contributed by atoms with Gasteiger partial charge >= 0.3 is 0 Å². The van der Waals surface area contributed by atoms with E-state index in [1.807, 2.05) is 12.2 Å². The number of rotatable bonds is 12. The molecular weight excluding hydrogens is 725 g/mol. The highest BCUT2D eigenvalue weighted by Gasteiger charge is 2.18. The Balaban J connectivity index is 1.14. The summed E-state index contributed by atoms with van der Waals surface area (Å²) >= 11 is 0. The summed E-state index contributed by atoms with van der Waals surface area (Å²) in [6.07, 6.45) is 3.78. The highest BCUT2D eigenvalue weighted by Crippen LogP contribution is 2.42. The van der Waals surface area contributed by atoms with E-state index in [9.17, 15) is 0 Å². The smallest absolute Gasteiger partial charge is 0.0482 e. The molecule has 0 aliphatic heterocycles. The van der Waals surface area contributed by atoms with Gasteiger partial charge in [0.15, 0.2) is 0 Å². The second-order valence-electron chi connectivity index (χ2n) is 14.8. The van der Waals surface area contributed by atoms with Gasteiger partial charge in [0.2, 0.25) is 0 Å². The molecule has 286 valence electrons. The van der Waals surface area contributed by atoms with Crippen molar-refractivity contribution >= 4 is 46.3 Å². The van der Waals surface area contributed by atoms with Crippen molar-refractivity contribution in [1.29, 1.82) is 0 Å². The summed E-state index contributed by atoms with van der Waals surface area (Å²) in [5.74, 6) is 0. The predicted molar refractivity (Wildman–Crippen MR) is 258 cm³/mol. The Morgan fingerprint density at radius 1 is 0.233 bits per heavy atom. The Kier molecular flexibility index (Phi) is 10.8. The molecule has 0 saturated heterocycles. The molecule has 9 aromatic rings. The Bertz CT molecular complexity index is 2660. The molecule has 0 aromatic heterocycles. The minimum Gasteiger partial charge on any atom is -0.310 e. The van der Waals surface area contributed by atoms with Crippen LogP contribution >= 0.6 is 0 Å². The predicted octanol–water partition coefficient (Wildman–Crippen LogP) is 16.6. The lowest BCUT2D eigenvalue weighted by atomic mass is 10.0. The fourth-order valence-corrected chi connectivity index (χ4v) is 7.83. The van der Waals surface area contributed by atoms with Crippen molar-refractivity contribution in [2.75, 3.05) is 9.80 Å². The molecule has 0 heterocycles. The first kappa shape index (κ1) is 37.6. The number of benzene rings is 9. The van der Waals surface area contributed by atoms with E-state index in [1.165, 1.54) is 22.3 Å². The maximum atomic E-state index is 3.98. The van der Waals surface area contributed by atoms with Crippen molar-refractivity contribution in [3.05, 3.63) is 255 Å². The summed E-state index contributed by atoms with van der Waals surface area (Å²) in [6.45, 7) is 7.96. The number of anilines is 6. The standard InChI is InChI=1S/C58H44N2/c1-3-43-14-11-20-51(40-43)49-28-36-55(37-29-49)59(53-32-24-47(25-33-53)45-16-7-5-8-17-45)57-22-13-23-58(42-57)60(54-34-26-48(27-35-54)46-18-9-6-10-19-46)56-38-30-50(31-39-56)52-21-12-15-44(4-2)41-52/h3-42H,1-2H2. The van der Waals surface area contributed by atoms with Crippen molar-refractivity contribution in [2.24, 2.45) is 0 Å². The molecule has 0 amide bonds. The lowest BCUT2D eigenvalue weighted by Gasteiger charge is -2.30. The molecule has 0 N–H and O–H groups in total. The first-order valence-electron chi connectivity index (χ1n) is 20.3. The van der Waals surface area contributed by atoms with Crippen LogP contribution in [0.5, 0.6) is 0 Å². The molecule has 0 unspecified atom stereocenters. The van der Waals surface area contributed by atoms with Crippen molar-refractivity contribution < 1.29 is 0 Å². The fourth-order valence-electron chi connectivity index (χ4n) is 7.83. The summed E-state index contributed by atoms with van der Waals surface area (Å²) in [7, 11) is 0. The van der Waals surface area contributed by atoms with E-state index in [0.717, 1.165) is 67.5 Å². The minimum absolute atomic E-state index is 1.05. The lowest BCUT2D eigenvalue weighted by Crippen LogP contribution is -2.13. The van der Waals surface area contributed by atoms with Gasteiger partial charge in [-0.1, -0.05) is 177 Å². The van der Waals surface area contributed by atoms with Gasteiger partial charge in [-0.2, -0.15) is 0 Å². The van der Waals surface area contributed by atoms with Gasteiger partial charge in [0.05, 0.1) is 0 Å². The number of hydrogen-bond donors (Lipinski definition) is 0. The van der Waals surface area contributed by atoms with Crippen molar-refractivity contribution in [3.63, 3.8) is 0 Å². The monoisotopic (exact) mass is 768 g/mol. The van der Waals surface area contributed by atoms with Gasteiger partial charge < -0.3 is 9.80 Å². The van der Waals surface area contributed by atoms with Crippen LogP contribution < -0.4 is 9.80 Å². The third-order valence-electron chi connectivity index (χ3n) is 11.0. The van der Waals surface area contributed by atoms with E-state index < -0.39 is 0 Å². The number of hydrogen-bond acceptors (Lipinski definition) is 2. The molecule has 0 bridgehead atoms. The highest BCUT2D eigenvalue weighted by molar-refractivity contribution is 5.85.